The van der Waals surface area contributed by atoms with E-state index in [0.717, 1.165) is 12.2 Å². The molecule has 0 aliphatic heterocycles. The molecular formula is C24H28N2O4. The second-order valence-corrected chi connectivity index (χ2v) is 6.93. The number of carbonyl (C=O) groups excluding carboxylic acids is 1. The molecule has 0 unspecified atom stereocenters. The zero-order chi connectivity index (χ0) is 21.3. The van der Waals surface area contributed by atoms with Gasteiger partial charge in [-0.15, -0.1) is 0 Å². The summed E-state index contributed by atoms with van der Waals surface area (Å²) in [5.41, 5.74) is 2.78. The van der Waals surface area contributed by atoms with E-state index in [9.17, 15) is 4.79 Å². The minimum atomic E-state index is -0.100. The van der Waals surface area contributed by atoms with E-state index < -0.39 is 0 Å². The highest BCUT2D eigenvalue weighted by atomic mass is 16.5. The van der Waals surface area contributed by atoms with Crippen LogP contribution in [0.2, 0.25) is 0 Å². The van der Waals surface area contributed by atoms with E-state index in [-0.39, 0.29) is 5.91 Å². The molecule has 0 spiro atoms. The van der Waals surface area contributed by atoms with Gasteiger partial charge in [0.1, 0.15) is 11.5 Å². The summed E-state index contributed by atoms with van der Waals surface area (Å²) in [5, 5.41) is 0. The molecule has 1 heterocycles. The molecule has 3 aromatic rings. The highest BCUT2D eigenvalue weighted by molar-refractivity contribution is 5.95. The SMILES string of the molecule is COCCN(Cc1cccn1Cc1ccccc1)C(=O)c1cc(OC)cc(OC)c1. The van der Waals surface area contributed by atoms with Crippen molar-refractivity contribution in [2.24, 2.45) is 0 Å². The van der Waals surface area contributed by atoms with Gasteiger partial charge in [-0.25, -0.2) is 0 Å². The Balaban J connectivity index is 1.84. The van der Waals surface area contributed by atoms with E-state index >= 15 is 0 Å². The lowest BCUT2D eigenvalue weighted by Crippen LogP contribution is -2.34. The number of hydrogen-bond donors (Lipinski definition) is 0. The number of aromatic nitrogens is 1. The third-order valence-electron chi connectivity index (χ3n) is 4.92. The minimum Gasteiger partial charge on any atom is -0.497 e. The molecule has 0 saturated carbocycles. The van der Waals surface area contributed by atoms with Crippen LogP contribution in [0, 0.1) is 0 Å². The van der Waals surface area contributed by atoms with Gasteiger partial charge >= 0.3 is 0 Å². The van der Waals surface area contributed by atoms with Crippen LogP contribution < -0.4 is 9.47 Å². The van der Waals surface area contributed by atoms with Crippen LogP contribution in [-0.2, 0) is 17.8 Å². The Kier molecular flexibility index (Phi) is 7.51. The summed E-state index contributed by atoms with van der Waals surface area (Å²) in [6.45, 7) is 2.15. The van der Waals surface area contributed by atoms with Crippen LogP contribution in [0.1, 0.15) is 21.6 Å². The van der Waals surface area contributed by atoms with Crippen LogP contribution in [0.25, 0.3) is 0 Å². The van der Waals surface area contributed by atoms with Gasteiger partial charge in [-0.05, 0) is 29.8 Å². The number of ether oxygens (including phenoxy) is 3. The van der Waals surface area contributed by atoms with Gasteiger partial charge in [-0.1, -0.05) is 30.3 Å². The molecule has 6 heteroatoms. The molecule has 158 valence electrons. The first-order valence-corrected chi connectivity index (χ1v) is 9.84. The summed E-state index contributed by atoms with van der Waals surface area (Å²) in [7, 11) is 4.78. The summed E-state index contributed by atoms with van der Waals surface area (Å²) >= 11 is 0. The Labute approximate surface area is 177 Å². The van der Waals surface area contributed by atoms with Crippen LogP contribution in [0.15, 0.2) is 66.9 Å². The molecular weight excluding hydrogens is 380 g/mol. The molecule has 2 aromatic carbocycles. The Bertz CT molecular complexity index is 931. The highest BCUT2D eigenvalue weighted by Crippen LogP contribution is 2.24. The smallest absolute Gasteiger partial charge is 0.254 e. The lowest BCUT2D eigenvalue weighted by Gasteiger charge is -2.24. The fourth-order valence-electron chi connectivity index (χ4n) is 3.29. The van der Waals surface area contributed by atoms with Gasteiger partial charge in [-0.2, -0.15) is 0 Å². The van der Waals surface area contributed by atoms with Gasteiger partial charge in [0.15, 0.2) is 0 Å². The maximum atomic E-state index is 13.3. The third kappa shape index (κ3) is 5.42. The molecule has 0 bridgehead atoms. The normalized spacial score (nSPS) is 10.6. The van der Waals surface area contributed by atoms with Crippen molar-refractivity contribution in [3.8, 4) is 11.5 Å². The maximum Gasteiger partial charge on any atom is 0.254 e. The van der Waals surface area contributed by atoms with Crippen LogP contribution in [0.5, 0.6) is 11.5 Å². The van der Waals surface area contributed by atoms with Crippen molar-refractivity contribution < 1.29 is 19.0 Å². The first-order chi connectivity index (χ1) is 14.6. The number of benzene rings is 2. The Hall–Kier alpha value is -3.25. The molecule has 0 fully saturated rings. The second kappa shape index (κ2) is 10.5. The van der Waals surface area contributed by atoms with E-state index in [0.29, 0.717) is 36.8 Å². The summed E-state index contributed by atoms with van der Waals surface area (Å²) in [5.74, 6) is 1.06. The predicted octanol–water partition coefficient (Wildman–Crippen LogP) is 3.84. The van der Waals surface area contributed by atoms with E-state index in [1.807, 2.05) is 36.5 Å². The zero-order valence-electron chi connectivity index (χ0n) is 17.7. The molecule has 30 heavy (non-hydrogen) atoms. The van der Waals surface area contributed by atoms with Gasteiger partial charge in [-0.3, -0.25) is 4.79 Å². The average Bonchev–Trinajstić information content (AvgIpc) is 3.22. The summed E-state index contributed by atoms with van der Waals surface area (Å²) in [6, 6.07) is 19.5. The molecule has 0 N–H and O–H groups in total. The van der Waals surface area contributed by atoms with E-state index in [4.69, 9.17) is 14.2 Å². The van der Waals surface area contributed by atoms with Crippen LogP contribution >= 0.6 is 0 Å². The van der Waals surface area contributed by atoms with Crippen LogP contribution in [0.4, 0.5) is 0 Å². The van der Waals surface area contributed by atoms with Crippen molar-refractivity contribution in [3.63, 3.8) is 0 Å². The molecule has 3 rings (SSSR count). The van der Waals surface area contributed by atoms with E-state index in [2.05, 4.69) is 16.7 Å². The number of nitrogens with zero attached hydrogens (tertiary/aromatic N) is 2. The van der Waals surface area contributed by atoms with Gasteiger partial charge in [0.2, 0.25) is 0 Å². The summed E-state index contributed by atoms with van der Waals surface area (Å²) in [6.07, 6.45) is 2.04. The maximum absolute atomic E-state index is 13.3. The van der Waals surface area contributed by atoms with E-state index in [1.54, 1.807) is 44.4 Å². The largest absolute Gasteiger partial charge is 0.497 e. The Morgan fingerprint density at radius 1 is 0.933 bits per heavy atom. The monoisotopic (exact) mass is 408 g/mol. The first kappa shape index (κ1) is 21.5. The average molecular weight is 408 g/mol. The van der Waals surface area contributed by atoms with Crippen molar-refractivity contribution in [2.75, 3.05) is 34.5 Å². The predicted molar refractivity (Wildman–Crippen MR) is 116 cm³/mol. The molecule has 0 radical (unpaired) electrons. The third-order valence-corrected chi connectivity index (χ3v) is 4.92. The minimum absolute atomic E-state index is 0.100. The standard InChI is InChI=1S/C24H28N2O4/c1-28-13-12-26(24(27)20-14-22(29-2)16-23(15-20)30-3)18-21-10-7-11-25(21)17-19-8-5-4-6-9-19/h4-11,14-16H,12-13,17-18H2,1-3H3. The zero-order valence-corrected chi connectivity index (χ0v) is 17.7. The fraction of sp³-hybridized carbons (Fsp3) is 0.292. The van der Waals surface area contributed by atoms with Crippen LogP contribution in [0.3, 0.4) is 0 Å². The molecule has 1 amide bonds. The molecule has 0 aliphatic rings. The van der Waals surface area contributed by atoms with Crippen LogP contribution in [-0.4, -0.2) is 49.9 Å². The van der Waals surface area contributed by atoms with Gasteiger partial charge in [0, 0.05) is 43.7 Å². The van der Waals surface area contributed by atoms with Crippen molar-refractivity contribution >= 4 is 5.91 Å². The molecule has 6 nitrogen and oxygen atoms in total. The second-order valence-electron chi connectivity index (χ2n) is 6.93. The number of hydrogen-bond acceptors (Lipinski definition) is 4. The molecule has 0 aliphatic carbocycles. The number of methoxy groups -OCH3 is 3. The highest BCUT2D eigenvalue weighted by Gasteiger charge is 2.19. The number of amides is 1. The van der Waals surface area contributed by atoms with Crippen molar-refractivity contribution in [3.05, 3.63) is 83.7 Å². The Morgan fingerprint density at radius 3 is 2.27 bits per heavy atom. The van der Waals surface area contributed by atoms with Gasteiger partial charge in [0.05, 0.1) is 27.4 Å². The quantitative estimate of drug-likeness (QED) is 0.511. The molecule has 0 atom stereocenters. The molecule has 0 saturated heterocycles. The number of rotatable bonds is 10. The van der Waals surface area contributed by atoms with Crippen molar-refractivity contribution in [2.45, 2.75) is 13.1 Å². The fourth-order valence-corrected chi connectivity index (χ4v) is 3.29. The topological polar surface area (TPSA) is 52.9 Å². The van der Waals surface area contributed by atoms with Crippen molar-refractivity contribution in [1.82, 2.24) is 9.47 Å². The summed E-state index contributed by atoms with van der Waals surface area (Å²) < 4.78 is 18.0. The lowest BCUT2D eigenvalue weighted by atomic mass is 10.1. The van der Waals surface area contributed by atoms with E-state index in [1.165, 1.54) is 5.56 Å². The first-order valence-electron chi connectivity index (χ1n) is 9.84. The van der Waals surface area contributed by atoms with Crippen molar-refractivity contribution in [1.29, 1.82) is 0 Å². The lowest BCUT2D eigenvalue weighted by molar-refractivity contribution is 0.0675. The Morgan fingerprint density at radius 2 is 1.63 bits per heavy atom. The number of carbonyl (C=O) groups is 1. The summed E-state index contributed by atoms with van der Waals surface area (Å²) in [4.78, 5) is 15.1. The molecule has 1 aromatic heterocycles. The van der Waals surface area contributed by atoms with Gasteiger partial charge in [0.25, 0.3) is 5.91 Å². The van der Waals surface area contributed by atoms with Gasteiger partial charge < -0.3 is 23.7 Å².